The summed E-state index contributed by atoms with van der Waals surface area (Å²) in [5, 5.41) is 4.67. The zero-order valence-corrected chi connectivity index (χ0v) is 41.0. The molecule has 1 aliphatic carbocycles. The van der Waals surface area contributed by atoms with Crippen molar-refractivity contribution in [2.75, 3.05) is 19.8 Å². The summed E-state index contributed by atoms with van der Waals surface area (Å²) in [6.45, 7) is 8.86. The van der Waals surface area contributed by atoms with Gasteiger partial charge in [0.25, 0.3) is 0 Å². The number of ether oxygens (including phenoxy) is 2. The van der Waals surface area contributed by atoms with E-state index < -0.39 is 38.3 Å². The number of aromatic nitrogens is 6. The first-order chi connectivity index (χ1) is 33.2. The Labute approximate surface area is 403 Å². The van der Waals surface area contributed by atoms with E-state index in [0.29, 0.717) is 59.1 Å². The van der Waals surface area contributed by atoms with Gasteiger partial charge in [-0.05, 0) is 73.5 Å². The second-order valence-corrected chi connectivity index (χ2v) is 26.1. The molecule has 3 aromatic carbocycles. The highest BCUT2D eigenvalue weighted by Gasteiger charge is 2.45. The number of halogens is 1. The lowest BCUT2D eigenvalue weighted by molar-refractivity contribution is -0.135. The zero-order chi connectivity index (χ0) is 47.9. The zero-order valence-electron chi connectivity index (χ0n) is 39.2. The number of nitrogens with one attached hydrogen (secondary N) is 3. The third kappa shape index (κ3) is 8.20. The molecule has 3 amide bonds. The van der Waals surface area contributed by atoms with Crippen molar-refractivity contribution in [3.8, 4) is 39.5 Å². The maximum Gasteiger partial charge on any atom is 0.407 e. The van der Waals surface area contributed by atoms with Gasteiger partial charge < -0.3 is 40.3 Å². The summed E-state index contributed by atoms with van der Waals surface area (Å²) in [5.74, 6) is 1.22. The van der Waals surface area contributed by atoms with Crippen LogP contribution in [-0.4, -0.2) is 91.1 Å². The van der Waals surface area contributed by atoms with Gasteiger partial charge in [-0.25, -0.2) is 24.1 Å². The molecular formula is C51H55FN10O5SSi. The Bertz CT molecular complexity index is 3120. The van der Waals surface area contributed by atoms with Gasteiger partial charge in [0.2, 0.25) is 18.0 Å². The molecule has 4 aliphatic rings. The number of benzene rings is 3. The molecule has 1 unspecified atom stereocenters. The van der Waals surface area contributed by atoms with Crippen molar-refractivity contribution < 1.29 is 28.2 Å². The van der Waals surface area contributed by atoms with Crippen molar-refractivity contribution in [3.05, 3.63) is 118 Å². The number of methoxy groups -OCH3 is 1. The Morgan fingerprint density at radius 1 is 0.899 bits per heavy atom. The molecule has 69 heavy (non-hydrogen) atoms. The predicted octanol–water partition coefficient (Wildman–Crippen LogP) is 9.38. The summed E-state index contributed by atoms with van der Waals surface area (Å²) in [6, 6.07) is 19.8. The summed E-state index contributed by atoms with van der Waals surface area (Å²) in [7, 11) is -0.505. The van der Waals surface area contributed by atoms with E-state index >= 15 is 4.39 Å². The summed E-state index contributed by atoms with van der Waals surface area (Å²) in [5.41, 5.74) is 12.1. The number of nitrogens with two attached hydrogens (primary N) is 1. The molecule has 5 N–H and O–H groups in total. The summed E-state index contributed by atoms with van der Waals surface area (Å²) in [6.07, 6.45) is 8.48. The van der Waals surface area contributed by atoms with Crippen molar-refractivity contribution >= 4 is 48.2 Å². The maximum atomic E-state index is 16.9. The minimum Gasteiger partial charge on any atom is -0.464 e. The molecule has 7 aromatic rings. The summed E-state index contributed by atoms with van der Waals surface area (Å²) >= 11 is 1.63. The number of rotatable bonds is 11. The van der Waals surface area contributed by atoms with Crippen molar-refractivity contribution in [3.63, 3.8) is 0 Å². The first kappa shape index (κ1) is 44.8. The number of fused-ring (bicyclic) bond motifs is 5. The fourth-order valence-corrected chi connectivity index (χ4v) is 14.4. The Morgan fingerprint density at radius 3 is 2.36 bits per heavy atom. The van der Waals surface area contributed by atoms with E-state index in [1.807, 2.05) is 85.7 Å². The van der Waals surface area contributed by atoms with Crippen molar-refractivity contribution in [2.45, 2.75) is 95.0 Å². The van der Waals surface area contributed by atoms with Gasteiger partial charge in [0.05, 0.1) is 77.7 Å². The van der Waals surface area contributed by atoms with Crippen LogP contribution in [0.3, 0.4) is 0 Å². The number of aromatic amines is 2. The number of H-pyrrole nitrogens is 2. The van der Waals surface area contributed by atoms with E-state index in [4.69, 9.17) is 30.2 Å². The van der Waals surface area contributed by atoms with E-state index in [0.717, 1.165) is 68.7 Å². The summed E-state index contributed by atoms with van der Waals surface area (Å²) in [4.78, 5) is 65.9. The SMILES string of the molecule is COC(=O)N[C@H](C(=O)N1CCC[C@H]1c1ncc(-c2cc(F)c3c(c2)O[C@@H](c2cnc(C4CC4)s2)n2c-3cc3cc(-c4cnc([C@@H]5C[Si](C)(C)CN5C(=O)C(N)c5ccccc5)[nH]4)ccc32)[nH]1)C(C)C. The topological polar surface area (TPSA) is 189 Å². The molecule has 0 radical (unpaired) electrons. The lowest BCUT2D eigenvalue weighted by Gasteiger charge is -2.30. The van der Waals surface area contributed by atoms with Crippen molar-refractivity contribution in [1.82, 2.24) is 44.6 Å². The van der Waals surface area contributed by atoms with Gasteiger partial charge in [-0.15, -0.1) is 11.3 Å². The number of likely N-dealkylation sites (tertiary alicyclic amines) is 1. The van der Waals surface area contributed by atoms with Gasteiger partial charge >= 0.3 is 6.09 Å². The van der Waals surface area contributed by atoms with Gasteiger partial charge in [0.15, 0.2) is 0 Å². The lowest BCUT2D eigenvalue weighted by atomic mass is 10.0. The highest BCUT2D eigenvalue weighted by atomic mass is 32.1. The third-order valence-corrected chi connectivity index (χ3v) is 18.0. The van der Waals surface area contributed by atoms with Gasteiger partial charge in [-0.3, -0.25) is 14.2 Å². The molecule has 3 aliphatic heterocycles. The van der Waals surface area contributed by atoms with E-state index in [2.05, 4.69) is 39.0 Å². The van der Waals surface area contributed by atoms with Crippen LogP contribution >= 0.6 is 11.3 Å². The average Bonchev–Trinajstić information content (AvgIpc) is 4.02. The van der Waals surface area contributed by atoms with E-state index in [9.17, 15) is 14.4 Å². The molecule has 5 atom stereocenters. The molecule has 0 bridgehead atoms. The molecule has 1 saturated carbocycles. The van der Waals surface area contributed by atoms with Gasteiger partial charge in [0, 0.05) is 41.3 Å². The molecule has 0 spiro atoms. The molecule has 4 aromatic heterocycles. The molecular weight excluding hydrogens is 912 g/mol. The largest absolute Gasteiger partial charge is 0.464 e. The number of carbonyl (C=O) groups excluding carboxylic acids is 3. The number of hydrogen-bond acceptors (Lipinski definition) is 10. The quantitative estimate of drug-likeness (QED) is 0.0916. The minimum atomic E-state index is -1.78. The third-order valence-electron chi connectivity index (χ3n) is 14.1. The molecule has 15 nitrogen and oxygen atoms in total. The monoisotopic (exact) mass is 966 g/mol. The predicted molar refractivity (Wildman–Crippen MR) is 263 cm³/mol. The molecule has 3 fully saturated rings. The highest BCUT2D eigenvalue weighted by molar-refractivity contribution is 7.11. The van der Waals surface area contributed by atoms with Crippen LogP contribution in [0.25, 0.3) is 44.7 Å². The number of amides is 3. The van der Waals surface area contributed by atoms with Crippen molar-refractivity contribution in [1.29, 1.82) is 0 Å². The molecule has 11 rings (SSSR count). The molecule has 356 valence electrons. The smallest absolute Gasteiger partial charge is 0.407 e. The minimum absolute atomic E-state index is 0.102. The van der Waals surface area contributed by atoms with Gasteiger partial charge in [0.1, 0.15) is 35.3 Å². The normalized spacial score (nSPS) is 20.4. The van der Waals surface area contributed by atoms with Crippen LogP contribution in [-0.2, 0) is 14.3 Å². The van der Waals surface area contributed by atoms with Crippen LogP contribution in [0.4, 0.5) is 9.18 Å². The Kier molecular flexibility index (Phi) is 11.3. The average molecular weight is 967 g/mol. The number of imidazole rings is 2. The number of hydrogen-bond donors (Lipinski definition) is 4. The second-order valence-electron chi connectivity index (χ2n) is 20.0. The Morgan fingerprint density at radius 2 is 1.64 bits per heavy atom. The fourth-order valence-electron chi connectivity index (χ4n) is 10.4. The van der Waals surface area contributed by atoms with Gasteiger partial charge in [-0.1, -0.05) is 63.3 Å². The molecule has 2 saturated heterocycles. The van der Waals surface area contributed by atoms with Crippen LogP contribution < -0.4 is 15.8 Å². The van der Waals surface area contributed by atoms with Crippen molar-refractivity contribution in [2.24, 2.45) is 11.7 Å². The fraction of sp³-hybridized carbons (Fsp3) is 0.373. The number of carbonyl (C=O) groups is 3. The first-order valence-corrected chi connectivity index (χ1v) is 28.0. The Hall–Kier alpha value is -6.63. The lowest BCUT2D eigenvalue weighted by Crippen LogP contribution is -2.51. The molecule has 18 heteroatoms. The number of alkyl carbamates (subject to hydrolysis) is 1. The Balaban J connectivity index is 0.915. The number of thiazole rings is 1. The van der Waals surface area contributed by atoms with E-state index in [1.54, 1.807) is 22.4 Å². The number of nitrogens with zero attached hydrogens (tertiary/aromatic N) is 6. The first-order valence-electron chi connectivity index (χ1n) is 23.7. The van der Waals surface area contributed by atoms with E-state index in [-0.39, 0.29) is 29.8 Å². The van der Waals surface area contributed by atoms with Crippen LogP contribution in [0.15, 0.2) is 85.3 Å². The summed E-state index contributed by atoms with van der Waals surface area (Å²) < 4.78 is 30.7. The standard InChI is InChI=1S/C51H55FN10O5SSi/c1-27(2)44(59-51(65)66-3)49(64)60-17-9-12-37(60)45-54-23-35(58-45)31-19-33(52)42-38-20-32-18-30(15-16-36(32)62(38)50(67-40(42)21-31)41-24-56-47(68-41)29-13-14-29)34-22-55-46(57-34)39-25-69(4,5)26-61(39)48(63)43(53)28-10-7-6-8-11-28/h6-8,10-11,15-16,18-24,27,29,37,39,43-44,50H,9,12-14,17,25-26,53H2,1-5H3,(H,54,58)(H,55,57)(H,59,65)/t37-,39-,43?,44-,50-/m0/s1. The van der Waals surface area contributed by atoms with Crippen LogP contribution in [0.1, 0.15) is 96.9 Å². The highest BCUT2D eigenvalue weighted by Crippen LogP contribution is 2.50. The van der Waals surface area contributed by atoms with Gasteiger partial charge in [-0.2, -0.15) is 0 Å². The van der Waals surface area contributed by atoms with Crippen LogP contribution in [0, 0.1) is 11.7 Å². The van der Waals surface area contributed by atoms with Crippen LogP contribution in [0.5, 0.6) is 5.75 Å². The maximum absolute atomic E-state index is 16.9. The molecule has 7 heterocycles. The second kappa shape index (κ2) is 17.4. The van der Waals surface area contributed by atoms with Crippen LogP contribution in [0.2, 0.25) is 19.1 Å². The van der Waals surface area contributed by atoms with E-state index in [1.165, 1.54) is 13.2 Å².